The van der Waals surface area contributed by atoms with E-state index < -0.39 is 5.60 Å². The molecular formula is C25H19O5. The standard InChI is InChI=1S/C25H19O5/c26-16-28-15-6-5-8-17-9-7-12-20-23(17)24(27)30-25(20)18-10-1-3-13-21(18)29-22-14-4-2-11-19(22)25/h1-4,7,9-14H,5-6,8,15H2. The maximum Gasteiger partial charge on any atom is 0.417 e. The highest BCUT2D eigenvalue weighted by Gasteiger charge is 2.53. The van der Waals surface area contributed by atoms with E-state index in [9.17, 15) is 9.59 Å². The minimum absolute atomic E-state index is 0.324. The number of esters is 1. The molecule has 0 saturated heterocycles. The van der Waals surface area contributed by atoms with Crippen LogP contribution < -0.4 is 4.74 Å². The van der Waals surface area contributed by atoms with Crippen LogP contribution in [-0.2, 0) is 26.3 Å². The third kappa shape index (κ3) is 2.70. The number of unbranched alkanes of at least 4 members (excludes halogenated alkanes) is 1. The average molecular weight is 399 g/mol. The van der Waals surface area contributed by atoms with E-state index in [0.717, 1.165) is 28.7 Å². The Kier molecular flexibility index (Phi) is 4.51. The summed E-state index contributed by atoms with van der Waals surface area (Å²) in [7, 11) is 0. The van der Waals surface area contributed by atoms with E-state index in [1.54, 1.807) is 0 Å². The van der Waals surface area contributed by atoms with E-state index >= 15 is 0 Å². The first-order chi connectivity index (χ1) is 14.8. The van der Waals surface area contributed by atoms with E-state index in [1.165, 1.54) is 6.47 Å². The van der Waals surface area contributed by atoms with Gasteiger partial charge in [0, 0.05) is 16.7 Å². The molecular weight excluding hydrogens is 380 g/mol. The van der Waals surface area contributed by atoms with Gasteiger partial charge in [-0.3, -0.25) is 0 Å². The van der Waals surface area contributed by atoms with Crippen molar-refractivity contribution >= 4 is 12.4 Å². The van der Waals surface area contributed by atoms with Gasteiger partial charge in [-0.25, -0.2) is 9.59 Å². The van der Waals surface area contributed by atoms with Gasteiger partial charge in [-0.05, 0) is 37.0 Å². The summed E-state index contributed by atoms with van der Waals surface area (Å²) in [5.41, 5.74) is 3.01. The van der Waals surface area contributed by atoms with Crippen molar-refractivity contribution in [1.82, 2.24) is 0 Å². The van der Waals surface area contributed by atoms with Crippen molar-refractivity contribution in [2.75, 3.05) is 6.61 Å². The molecule has 0 saturated carbocycles. The molecule has 2 heterocycles. The van der Waals surface area contributed by atoms with Gasteiger partial charge < -0.3 is 14.2 Å². The molecule has 2 aliphatic rings. The molecule has 0 aromatic heterocycles. The summed E-state index contributed by atoms with van der Waals surface area (Å²) in [6.07, 6.45) is 2.18. The Morgan fingerprint density at radius 1 is 0.833 bits per heavy atom. The van der Waals surface area contributed by atoms with Crippen molar-refractivity contribution in [2.45, 2.75) is 24.9 Å². The summed E-state index contributed by atoms with van der Waals surface area (Å²) < 4.78 is 17.0. The molecule has 3 aromatic carbocycles. The molecule has 0 fully saturated rings. The fourth-order valence-electron chi connectivity index (χ4n) is 4.48. The van der Waals surface area contributed by atoms with Crippen molar-refractivity contribution in [3.8, 4) is 11.5 Å². The zero-order valence-electron chi connectivity index (χ0n) is 16.2. The summed E-state index contributed by atoms with van der Waals surface area (Å²) in [6, 6.07) is 21.3. The predicted molar refractivity (Wildman–Crippen MR) is 109 cm³/mol. The monoisotopic (exact) mass is 399 g/mol. The lowest BCUT2D eigenvalue weighted by molar-refractivity contribution is 0.0224. The fraction of sp³-hybridized carbons (Fsp3) is 0.200. The van der Waals surface area contributed by atoms with Gasteiger partial charge in [-0.1, -0.05) is 54.6 Å². The number of fused-ring (bicyclic) bond motifs is 6. The molecule has 2 aliphatic heterocycles. The van der Waals surface area contributed by atoms with E-state index in [4.69, 9.17) is 9.47 Å². The minimum Gasteiger partial charge on any atom is -0.457 e. The number of carbonyl (C=O) groups is 1. The van der Waals surface area contributed by atoms with Crippen LogP contribution in [0, 0.1) is 0 Å². The highest BCUT2D eigenvalue weighted by molar-refractivity contribution is 5.98. The number of rotatable bonds is 6. The van der Waals surface area contributed by atoms with Crippen LogP contribution in [-0.4, -0.2) is 19.0 Å². The molecule has 0 amide bonds. The second-order valence-corrected chi connectivity index (χ2v) is 7.39. The lowest BCUT2D eigenvalue weighted by atomic mass is 9.77. The Morgan fingerprint density at radius 2 is 1.50 bits per heavy atom. The second-order valence-electron chi connectivity index (χ2n) is 7.39. The van der Waals surface area contributed by atoms with Crippen molar-refractivity contribution in [3.05, 3.63) is 94.5 Å². The minimum atomic E-state index is -1.02. The SMILES string of the molecule is O=[C]OCCCCc1cccc2c1C(=O)OC21c2ccccc2Oc2ccccc21. The summed E-state index contributed by atoms with van der Waals surface area (Å²) in [6.45, 7) is 1.76. The highest BCUT2D eigenvalue weighted by Crippen LogP contribution is 2.56. The van der Waals surface area contributed by atoms with Gasteiger partial charge >= 0.3 is 12.4 Å². The quantitative estimate of drug-likeness (QED) is 0.446. The van der Waals surface area contributed by atoms with Crippen LogP contribution in [0.4, 0.5) is 0 Å². The lowest BCUT2D eigenvalue weighted by Gasteiger charge is -2.36. The molecule has 0 aliphatic carbocycles. The normalized spacial score (nSPS) is 14.9. The average Bonchev–Trinajstić information content (AvgIpc) is 3.08. The molecule has 5 rings (SSSR count). The van der Waals surface area contributed by atoms with Crippen LogP contribution in [0.3, 0.4) is 0 Å². The van der Waals surface area contributed by atoms with Gasteiger partial charge in [0.2, 0.25) is 0 Å². The Morgan fingerprint density at radius 3 is 2.20 bits per heavy atom. The van der Waals surface area contributed by atoms with E-state index in [2.05, 4.69) is 4.74 Å². The largest absolute Gasteiger partial charge is 0.457 e. The lowest BCUT2D eigenvalue weighted by Crippen LogP contribution is -2.32. The summed E-state index contributed by atoms with van der Waals surface area (Å²) in [5.74, 6) is 1.04. The molecule has 0 bridgehead atoms. The Bertz CT molecular complexity index is 1090. The van der Waals surface area contributed by atoms with Crippen LogP contribution in [0.5, 0.6) is 11.5 Å². The molecule has 5 nitrogen and oxygen atoms in total. The number of carbonyl (C=O) groups excluding carboxylic acids is 2. The van der Waals surface area contributed by atoms with Crippen molar-refractivity contribution in [1.29, 1.82) is 0 Å². The number of benzene rings is 3. The number of ether oxygens (including phenoxy) is 3. The molecule has 1 radical (unpaired) electrons. The van der Waals surface area contributed by atoms with Gasteiger partial charge in [0.05, 0.1) is 12.2 Å². The predicted octanol–water partition coefficient (Wildman–Crippen LogP) is 4.66. The van der Waals surface area contributed by atoms with Gasteiger partial charge in [0.1, 0.15) is 11.5 Å². The maximum absolute atomic E-state index is 13.2. The molecule has 0 N–H and O–H groups in total. The summed E-state index contributed by atoms with van der Waals surface area (Å²) >= 11 is 0. The summed E-state index contributed by atoms with van der Waals surface area (Å²) in [5, 5.41) is 0. The van der Waals surface area contributed by atoms with Crippen LogP contribution in [0.25, 0.3) is 0 Å². The molecule has 5 heteroatoms. The summed E-state index contributed by atoms with van der Waals surface area (Å²) in [4.78, 5) is 23.4. The van der Waals surface area contributed by atoms with Crippen LogP contribution in [0.15, 0.2) is 66.7 Å². The molecule has 3 aromatic rings. The van der Waals surface area contributed by atoms with Crippen molar-refractivity contribution < 1.29 is 23.8 Å². The molecule has 0 atom stereocenters. The Labute approximate surface area is 174 Å². The van der Waals surface area contributed by atoms with E-state index in [0.29, 0.717) is 36.5 Å². The zero-order valence-corrected chi connectivity index (χ0v) is 16.2. The zero-order chi connectivity index (χ0) is 20.6. The smallest absolute Gasteiger partial charge is 0.417 e. The first-order valence-corrected chi connectivity index (χ1v) is 9.97. The fourth-order valence-corrected chi connectivity index (χ4v) is 4.48. The van der Waals surface area contributed by atoms with Crippen LogP contribution >= 0.6 is 0 Å². The third-order valence-corrected chi connectivity index (χ3v) is 5.73. The van der Waals surface area contributed by atoms with Crippen molar-refractivity contribution in [3.63, 3.8) is 0 Å². The second kappa shape index (κ2) is 7.34. The van der Waals surface area contributed by atoms with Gasteiger partial charge in [-0.15, -0.1) is 0 Å². The molecule has 149 valence electrons. The van der Waals surface area contributed by atoms with E-state index in [-0.39, 0.29) is 5.97 Å². The maximum atomic E-state index is 13.2. The third-order valence-electron chi connectivity index (χ3n) is 5.73. The van der Waals surface area contributed by atoms with Crippen LogP contribution in [0.1, 0.15) is 45.5 Å². The number of hydrogen-bond donors (Lipinski definition) is 0. The van der Waals surface area contributed by atoms with E-state index in [1.807, 2.05) is 66.7 Å². The molecule has 0 unspecified atom stereocenters. The van der Waals surface area contributed by atoms with Gasteiger partial charge in [0.15, 0.2) is 5.60 Å². The first kappa shape index (κ1) is 18.4. The number of hydrogen-bond acceptors (Lipinski definition) is 5. The number of para-hydroxylation sites is 2. The molecule has 1 spiro atoms. The Hall–Kier alpha value is -3.60. The van der Waals surface area contributed by atoms with Gasteiger partial charge in [0.25, 0.3) is 0 Å². The first-order valence-electron chi connectivity index (χ1n) is 9.97. The van der Waals surface area contributed by atoms with Crippen LogP contribution in [0.2, 0.25) is 0 Å². The number of aryl methyl sites for hydroxylation is 1. The van der Waals surface area contributed by atoms with Crippen molar-refractivity contribution in [2.24, 2.45) is 0 Å². The molecule has 30 heavy (non-hydrogen) atoms. The van der Waals surface area contributed by atoms with Gasteiger partial charge in [-0.2, -0.15) is 0 Å². The Balaban J connectivity index is 1.63. The highest BCUT2D eigenvalue weighted by atomic mass is 16.6. The topological polar surface area (TPSA) is 61.8 Å².